The third kappa shape index (κ3) is 4.22. The van der Waals surface area contributed by atoms with Gasteiger partial charge >= 0.3 is 0 Å². The van der Waals surface area contributed by atoms with Gasteiger partial charge in [-0.1, -0.05) is 19.1 Å². The maximum atomic E-state index is 11.7. The Morgan fingerprint density at radius 1 is 1.39 bits per heavy atom. The standard InChI is InChI=1S/C14H19NO3/c1-3-14(2,10-16)15-13(18)9-6-11-4-7-12(17)8-5-11/h4-9,16-17H,3,10H2,1-2H3,(H,15,18). The zero-order valence-electron chi connectivity index (χ0n) is 10.7. The van der Waals surface area contributed by atoms with Gasteiger partial charge in [-0.05, 0) is 37.1 Å². The van der Waals surface area contributed by atoms with Gasteiger partial charge in [0.2, 0.25) is 5.91 Å². The number of nitrogens with one attached hydrogen (secondary N) is 1. The number of phenols is 1. The van der Waals surface area contributed by atoms with Gasteiger partial charge in [0.05, 0.1) is 12.1 Å². The fraction of sp³-hybridized carbons (Fsp3) is 0.357. The van der Waals surface area contributed by atoms with Crippen molar-refractivity contribution >= 4 is 12.0 Å². The van der Waals surface area contributed by atoms with Crippen LogP contribution in [0.1, 0.15) is 25.8 Å². The molecule has 0 aliphatic rings. The highest BCUT2D eigenvalue weighted by Crippen LogP contribution is 2.11. The van der Waals surface area contributed by atoms with E-state index in [1.807, 2.05) is 6.92 Å². The summed E-state index contributed by atoms with van der Waals surface area (Å²) in [5.41, 5.74) is 0.237. The first-order valence-corrected chi connectivity index (χ1v) is 5.89. The summed E-state index contributed by atoms with van der Waals surface area (Å²) in [6.45, 7) is 3.60. The molecular formula is C14H19NO3. The van der Waals surface area contributed by atoms with Crippen LogP contribution in [0.4, 0.5) is 0 Å². The van der Waals surface area contributed by atoms with Crippen LogP contribution in [0.3, 0.4) is 0 Å². The molecule has 3 N–H and O–H groups in total. The number of aromatic hydroxyl groups is 1. The van der Waals surface area contributed by atoms with Crippen molar-refractivity contribution in [3.63, 3.8) is 0 Å². The first kappa shape index (κ1) is 14.3. The van der Waals surface area contributed by atoms with Gasteiger partial charge in [-0.3, -0.25) is 4.79 Å². The van der Waals surface area contributed by atoms with E-state index in [1.54, 1.807) is 37.3 Å². The molecule has 0 aliphatic heterocycles. The van der Waals surface area contributed by atoms with Gasteiger partial charge in [0.25, 0.3) is 0 Å². The summed E-state index contributed by atoms with van der Waals surface area (Å²) in [5, 5.41) is 21.1. The summed E-state index contributed by atoms with van der Waals surface area (Å²) in [5.74, 6) is -0.0584. The second-order valence-electron chi connectivity index (χ2n) is 4.49. The second-order valence-corrected chi connectivity index (χ2v) is 4.49. The van der Waals surface area contributed by atoms with E-state index in [0.717, 1.165) is 5.56 Å². The molecule has 0 radical (unpaired) electrons. The molecule has 0 bridgehead atoms. The minimum Gasteiger partial charge on any atom is -0.508 e. The van der Waals surface area contributed by atoms with Crippen LogP contribution in [0.25, 0.3) is 6.08 Å². The van der Waals surface area contributed by atoms with E-state index in [4.69, 9.17) is 5.11 Å². The average molecular weight is 249 g/mol. The molecular weight excluding hydrogens is 230 g/mol. The second kappa shape index (κ2) is 6.21. The van der Waals surface area contributed by atoms with E-state index < -0.39 is 5.54 Å². The molecule has 4 heteroatoms. The van der Waals surface area contributed by atoms with Crippen molar-refractivity contribution in [2.45, 2.75) is 25.8 Å². The van der Waals surface area contributed by atoms with Gasteiger partial charge in [0.15, 0.2) is 0 Å². The van der Waals surface area contributed by atoms with Gasteiger partial charge in [0.1, 0.15) is 5.75 Å². The zero-order valence-corrected chi connectivity index (χ0v) is 10.7. The predicted molar refractivity (Wildman–Crippen MR) is 71.1 cm³/mol. The fourth-order valence-corrected chi connectivity index (χ4v) is 1.34. The lowest BCUT2D eigenvalue weighted by atomic mass is 10.0. The quantitative estimate of drug-likeness (QED) is 0.695. The Hall–Kier alpha value is -1.81. The number of carbonyl (C=O) groups excluding carboxylic acids is 1. The van der Waals surface area contributed by atoms with Gasteiger partial charge in [-0.25, -0.2) is 0 Å². The summed E-state index contributed by atoms with van der Waals surface area (Å²) in [6, 6.07) is 6.54. The highest BCUT2D eigenvalue weighted by Gasteiger charge is 2.21. The number of aliphatic hydroxyl groups is 1. The number of hydrogen-bond donors (Lipinski definition) is 3. The lowest BCUT2D eigenvalue weighted by molar-refractivity contribution is -0.118. The molecule has 4 nitrogen and oxygen atoms in total. The molecule has 0 saturated heterocycles. The van der Waals surface area contributed by atoms with E-state index >= 15 is 0 Å². The number of carbonyl (C=O) groups is 1. The molecule has 1 aromatic rings. The van der Waals surface area contributed by atoms with Crippen LogP contribution in [0.5, 0.6) is 5.75 Å². The Morgan fingerprint density at radius 3 is 2.50 bits per heavy atom. The molecule has 1 unspecified atom stereocenters. The first-order chi connectivity index (χ1) is 8.49. The highest BCUT2D eigenvalue weighted by molar-refractivity contribution is 5.92. The van der Waals surface area contributed by atoms with Crippen LogP contribution >= 0.6 is 0 Å². The van der Waals surface area contributed by atoms with Crippen molar-refractivity contribution in [1.82, 2.24) is 5.32 Å². The SMILES string of the molecule is CCC(C)(CO)NC(=O)C=Cc1ccc(O)cc1. The highest BCUT2D eigenvalue weighted by atomic mass is 16.3. The Balaban J connectivity index is 2.62. The predicted octanol–water partition coefficient (Wildman–Crippen LogP) is 1.68. The van der Waals surface area contributed by atoms with Gasteiger partial charge in [0, 0.05) is 6.08 Å². The van der Waals surface area contributed by atoms with Crippen molar-refractivity contribution in [2.75, 3.05) is 6.61 Å². The molecule has 0 heterocycles. The third-order valence-corrected chi connectivity index (χ3v) is 2.87. The molecule has 0 aliphatic carbocycles. The smallest absolute Gasteiger partial charge is 0.244 e. The molecule has 0 aromatic heterocycles. The summed E-state index contributed by atoms with van der Waals surface area (Å²) < 4.78 is 0. The number of phenolic OH excluding ortho intramolecular Hbond substituents is 1. The molecule has 18 heavy (non-hydrogen) atoms. The summed E-state index contributed by atoms with van der Waals surface area (Å²) in [7, 11) is 0. The number of benzene rings is 1. The zero-order chi connectivity index (χ0) is 13.6. The Bertz CT molecular complexity index is 419. The number of rotatable bonds is 5. The van der Waals surface area contributed by atoms with Crippen molar-refractivity contribution in [2.24, 2.45) is 0 Å². The normalized spacial score (nSPS) is 14.4. The van der Waals surface area contributed by atoms with E-state index in [9.17, 15) is 9.90 Å². The molecule has 1 rings (SSSR count). The Labute approximate surface area is 107 Å². The van der Waals surface area contributed by atoms with Crippen molar-refractivity contribution in [1.29, 1.82) is 0 Å². The van der Waals surface area contributed by atoms with Crippen molar-refractivity contribution < 1.29 is 15.0 Å². The maximum absolute atomic E-state index is 11.7. The van der Waals surface area contributed by atoms with Crippen molar-refractivity contribution in [3.8, 4) is 5.75 Å². The topological polar surface area (TPSA) is 69.6 Å². The molecule has 0 spiro atoms. The van der Waals surface area contributed by atoms with Crippen LogP contribution in [-0.2, 0) is 4.79 Å². The minimum absolute atomic E-state index is 0.0950. The number of hydrogen-bond acceptors (Lipinski definition) is 3. The van der Waals surface area contributed by atoms with Crippen molar-refractivity contribution in [3.05, 3.63) is 35.9 Å². The Kier molecular flexibility index (Phi) is 4.92. The van der Waals surface area contributed by atoms with E-state index in [0.29, 0.717) is 6.42 Å². The summed E-state index contributed by atoms with van der Waals surface area (Å²) in [6.07, 6.45) is 3.72. The van der Waals surface area contributed by atoms with Crippen LogP contribution in [-0.4, -0.2) is 28.3 Å². The maximum Gasteiger partial charge on any atom is 0.244 e. The summed E-state index contributed by atoms with van der Waals surface area (Å²) in [4.78, 5) is 11.7. The average Bonchev–Trinajstić information content (AvgIpc) is 2.38. The fourth-order valence-electron chi connectivity index (χ4n) is 1.34. The first-order valence-electron chi connectivity index (χ1n) is 5.89. The molecule has 98 valence electrons. The van der Waals surface area contributed by atoms with Crippen LogP contribution in [0, 0.1) is 0 Å². The van der Waals surface area contributed by atoms with E-state index in [-0.39, 0.29) is 18.3 Å². The van der Waals surface area contributed by atoms with Gasteiger partial charge in [-0.15, -0.1) is 0 Å². The lowest BCUT2D eigenvalue weighted by Gasteiger charge is -2.26. The molecule has 0 fully saturated rings. The number of amides is 1. The molecule has 1 aromatic carbocycles. The third-order valence-electron chi connectivity index (χ3n) is 2.87. The van der Waals surface area contributed by atoms with Crippen LogP contribution < -0.4 is 5.32 Å². The van der Waals surface area contributed by atoms with Gasteiger partial charge in [-0.2, -0.15) is 0 Å². The summed E-state index contributed by atoms with van der Waals surface area (Å²) >= 11 is 0. The largest absolute Gasteiger partial charge is 0.508 e. The lowest BCUT2D eigenvalue weighted by Crippen LogP contribution is -2.47. The van der Waals surface area contributed by atoms with E-state index in [1.165, 1.54) is 6.08 Å². The van der Waals surface area contributed by atoms with Crippen LogP contribution in [0.2, 0.25) is 0 Å². The molecule has 0 saturated carbocycles. The number of aliphatic hydroxyl groups excluding tert-OH is 1. The molecule has 1 amide bonds. The van der Waals surface area contributed by atoms with Gasteiger partial charge < -0.3 is 15.5 Å². The van der Waals surface area contributed by atoms with E-state index in [2.05, 4.69) is 5.32 Å². The molecule has 1 atom stereocenters. The monoisotopic (exact) mass is 249 g/mol. The van der Waals surface area contributed by atoms with Crippen LogP contribution in [0.15, 0.2) is 30.3 Å². The minimum atomic E-state index is -0.587. The Morgan fingerprint density at radius 2 is 2.00 bits per heavy atom.